The third kappa shape index (κ3) is 5.52. The van der Waals surface area contributed by atoms with E-state index in [4.69, 9.17) is 0 Å². The van der Waals surface area contributed by atoms with Gasteiger partial charge in [0.2, 0.25) is 11.8 Å². The number of nitrogens with zero attached hydrogens (tertiary/aromatic N) is 2. The molecule has 1 aromatic heterocycles. The lowest BCUT2D eigenvalue weighted by atomic mass is 10.2. The van der Waals surface area contributed by atoms with Crippen molar-refractivity contribution in [3.8, 4) is 0 Å². The zero-order chi connectivity index (χ0) is 14.3. The molecule has 3 N–H and O–H groups in total. The van der Waals surface area contributed by atoms with Crippen LogP contribution in [0.5, 0.6) is 0 Å². The summed E-state index contributed by atoms with van der Waals surface area (Å²) in [5, 5.41) is 12.4. The van der Waals surface area contributed by atoms with E-state index in [9.17, 15) is 9.59 Å². The first-order valence-electron chi connectivity index (χ1n) is 6.31. The Hall–Kier alpha value is -1.89. The summed E-state index contributed by atoms with van der Waals surface area (Å²) in [5.41, 5.74) is 0.595. The molecule has 1 heterocycles. The van der Waals surface area contributed by atoms with E-state index in [0.717, 1.165) is 6.54 Å². The van der Waals surface area contributed by atoms with Crippen LogP contribution in [0.4, 0.5) is 5.69 Å². The van der Waals surface area contributed by atoms with E-state index >= 15 is 0 Å². The van der Waals surface area contributed by atoms with Gasteiger partial charge in [0.1, 0.15) is 6.54 Å². The van der Waals surface area contributed by atoms with Crippen LogP contribution in [0.2, 0.25) is 0 Å². The molecule has 106 valence electrons. The van der Waals surface area contributed by atoms with Crippen LogP contribution >= 0.6 is 0 Å². The maximum Gasteiger partial charge on any atom is 0.241 e. The molecular weight excluding hydrogens is 246 g/mol. The molecule has 0 aromatic carbocycles. The van der Waals surface area contributed by atoms with Gasteiger partial charge in [0.25, 0.3) is 0 Å². The fourth-order valence-electron chi connectivity index (χ4n) is 1.65. The van der Waals surface area contributed by atoms with E-state index in [1.807, 2.05) is 13.8 Å². The van der Waals surface area contributed by atoms with Gasteiger partial charge in [0.15, 0.2) is 0 Å². The minimum atomic E-state index is -0.137. The second-order valence-electron chi connectivity index (χ2n) is 4.31. The van der Waals surface area contributed by atoms with Gasteiger partial charge in [0.05, 0.1) is 11.9 Å². The Kier molecular flexibility index (Phi) is 6.01. The third-order valence-electron chi connectivity index (χ3n) is 2.55. The highest BCUT2D eigenvalue weighted by Crippen LogP contribution is 2.06. The van der Waals surface area contributed by atoms with Crippen molar-refractivity contribution in [2.24, 2.45) is 0 Å². The molecule has 0 spiro atoms. The Morgan fingerprint density at radius 2 is 2.16 bits per heavy atom. The highest BCUT2D eigenvalue weighted by molar-refractivity contribution is 5.90. The predicted octanol–water partition coefficient (Wildman–Crippen LogP) is -0.0443. The SMILES string of the molecule is CCNC(C)CC(=O)Nc1cnn(CC(=O)NC)c1. The normalized spacial score (nSPS) is 11.9. The molecular formula is C12H21N5O2. The van der Waals surface area contributed by atoms with Crippen LogP contribution in [-0.4, -0.2) is 41.2 Å². The minimum Gasteiger partial charge on any atom is -0.358 e. The van der Waals surface area contributed by atoms with Gasteiger partial charge in [-0.25, -0.2) is 0 Å². The van der Waals surface area contributed by atoms with Gasteiger partial charge in [-0.3, -0.25) is 14.3 Å². The van der Waals surface area contributed by atoms with Crippen molar-refractivity contribution in [1.82, 2.24) is 20.4 Å². The van der Waals surface area contributed by atoms with Crippen molar-refractivity contribution in [3.63, 3.8) is 0 Å². The van der Waals surface area contributed by atoms with Crippen molar-refractivity contribution >= 4 is 17.5 Å². The van der Waals surface area contributed by atoms with Crippen LogP contribution in [0, 0.1) is 0 Å². The average Bonchev–Trinajstić information content (AvgIpc) is 2.76. The van der Waals surface area contributed by atoms with Gasteiger partial charge in [-0.15, -0.1) is 0 Å². The van der Waals surface area contributed by atoms with E-state index in [0.29, 0.717) is 12.1 Å². The quantitative estimate of drug-likeness (QED) is 0.646. The van der Waals surface area contributed by atoms with Crippen LogP contribution in [0.25, 0.3) is 0 Å². The molecule has 1 aromatic rings. The largest absolute Gasteiger partial charge is 0.358 e. The highest BCUT2D eigenvalue weighted by atomic mass is 16.2. The number of carbonyl (C=O) groups excluding carboxylic acids is 2. The summed E-state index contributed by atoms with van der Waals surface area (Å²) in [5.74, 6) is -0.213. The number of anilines is 1. The molecule has 0 bridgehead atoms. The molecule has 1 atom stereocenters. The molecule has 0 saturated heterocycles. The predicted molar refractivity (Wildman–Crippen MR) is 72.7 cm³/mol. The summed E-state index contributed by atoms with van der Waals surface area (Å²) in [7, 11) is 1.57. The van der Waals surface area contributed by atoms with Crippen LogP contribution in [-0.2, 0) is 16.1 Å². The topological polar surface area (TPSA) is 88.1 Å². The van der Waals surface area contributed by atoms with Crippen molar-refractivity contribution in [1.29, 1.82) is 0 Å². The van der Waals surface area contributed by atoms with Gasteiger partial charge in [-0.1, -0.05) is 6.92 Å². The van der Waals surface area contributed by atoms with E-state index in [1.165, 1.54) is 10.9 Å². The highest BCUT2D eigenvalue weighted by Gasteiger charge is 2.09. The second-order valence-corrected chi connectivity index (χ2v) is 4.31. The number of rotatable bonds is 7. The smallest absolute Gasteiger partial charge is 0.241 e. The molecule has 7 nitrogen and oxygen atoms in total. The maximum atomic E-state index is 11.7. The number of nitrogens with one attached hydrogen (secondary N) is 3. The molecule has 0 saturated carbocycles. The van der Waals surface area contributed by atoms with Gasteiger partial charge in [0, 0.05) is 25.7 Å². The fourth-order valence-corrected chi connectivity index (χ4v) is 1.65. The Labute approximate surface area is 112 Å². The van der Waals surface area contributed by atoms with Crippen LogP contribution in [0.1, 0.15) is 20.3 Å². The Morgan fingerprint density at radius 3 is 2.79 bits per heavy atom. The van der Waals surface area contributed by atoms with Crippen molar-refractivity contribution in [3.05, 3.63) is 12.4 Å². The first kappa shape index (κ1) is 15.2. The monoisotopic (exact) mass is 267 g/mol. The Balaban J connectivity index is 2.44. The zero-order valence-corrected chi connectivity index (χ0v) is 11.6. The molecule has 0 radical (unpaired) electrons. The maximum absolute atomic E-state index is 11.7. The van der Waals surface area contributed by atoms with Gasteiger partial charge in [-0.2, -0.15) is 5.10 Å². The molecule has 2 amide bonds. The molecule has 1 rings (SSSR count). The van der Waals surface area contributed by atoms with E-state index in [1.54, 1.807) is 13.2 Å². The lowest BCUT2D eigenvalue weighted by molar-refractivity contribution is -0.121. The fraction of sp³-hybridized carbons (Fsp3) is 0.583. The molecule has 0 aliphatic rings. The number of hydrogen-bond donors (Lipinski definition) is 3. The summed E-state index contributed by atoms with van der Waals surface area (Å²) in [6.45, 7) is 4.92. The Bertz CT molecular complexity index is 430. The van der Waals surface area contributed by atoms with Crippen molar-refractivity contribution < 1.29 is 9.59 Å². The Morgan fingerprint density at radius 1 is 1.42 bits per heavy atom. The minimum absolute atomic E-state index is 0.0760. The summed E-state index contributed by atoms with van der Waals surface area (Å²) >= 11 is 0. The van der Waals surface area contributed by atoms with Crippen LogP contribution < -0.4 is 16.0 Å². The van der Waals surface area contributed by atoms with E-state index in [2.05, 4.69) is 21.0 Å². The number of amides is 2. The lowest BCUT2D eigenvalue weighted by Gasteiger charge is -2.11. The number of carbonyl (C=O) groups is 2. The van der Waals surface area contributed by atoms with Crippen LogP contribution in [0.15, 0.2) is 12.4 Å². The molecule has 0 aliphatic heterocycles. The van der Waals surface area contributed by atoms with Crippen molar-refractivity contribution in [2.45, 2.75) is 32.9 Å². The van der Waals surface area contributed by atoms with Gasteiger partial charge in [-0.05, 0) is 13.5 Å². The van der Waals surface area contributed by atoms with Crippen LogP contribution in [0.3, 0.4) is 0 Å². The van der Waals surface area contributed by atoms with Gasteiger partial charge < -0.3 is 16.0 Å². The summed E-state index contributed by atoms with van der Waals surface area (Å²) in [6, 6.07) is 0.130. The summed E-state index contributed by atoms with van der Waals surface area (Å²) < 4.78 is 1.47. The molecule has 1 unspecified atom stereocenters. The molecule has 19 heavy (non-hydrogen) atoms. The summed E-state index contributed by atoms with van der Waals surface area (Å²) in [6.07, 6.45) is 3.55. The summed E-state index contributed by atoms with van der Waals surface area (Å²) in [4.78, 5) is 22.9. The van der Waals surface area contributed by atoms with E-state index < -0.39 is 0 Å². The average molecular weight is 267 g/mol. The first-order chi connectivity index (χ1) is 9.05. The number of aromatic nitrogens is 2. The zero-order valence-electron chi connectivity index (χ0n) is 11.6. The molecule has 0 fully saturated rings. The van der Waals surface area contributed by atoms with E-state index in [-0.39, 0.29) is 24.4 Å². The molecule has 7 heteroatoms. The standard InChI is InChI=1S/C12H21N5O2/c1-4-14-9(2)5-11(18)16-10-6-15-17(7-10)8-12(19)13-3/h6-7,9,14H,4-5,8H2,1-3H3,(H,13,19)(H,16,18). The first-order valence-corrected chi connectivity index (χ1v) is 6.31. The van der Waals surface area contributed by atoms with Crippen molar-refractivity contribution in [2.75, 3.05) is 18.9 Å². The van der Waals surface area contributed by atoms with Gasteiger partial charge >= 0.3 is 0 Å². The second kappa shape index (κ2) is 7.52. The number of hydrogen-bond acceptors (Lipinski definition) is 4. The number of likely N-dealkylation sites (N-methyl/N-ethyl adjacent to an activating group) is 1. The third-order valence-corrected chi connectivity index (χ3v) is 2.55. The molecule has 0 aliphatic carbocycles. The lowest BCUT2D eigenvalue weighted by Crippen LogP contribution is -2.30.